The lowest BCUT2D eigenvalue weighted by molar-refractivity contribution is -0.376. The first kappa shape index (κ1) is 29.4. The molecule has 0 spiro atoms. The monoisotopic (exact) mass is 568 g/mol. The van der Waals surface area contributed by atoms with Crippen LogP contribution in [0.1, 0.15) is 35.1 Å². The smallest absolute Gasteiger partial charge is 0.369 e. The van der Waals surface area contributed by atoms with Crippen molar-refractivity contribution in [2.75, 3.05) is 20.1 Å². The van der Waals surface area contributed by atoms with Gasteiger partial charge in [0.1, 0.15) is 5.82 Å². The fourth-order valence-electron chi connectivity index (χ4n) is 5.35. The lowest BCUT2D eigenvalue weighted by Gasteiger charge is -2.34. The third-order valence-electron chi connectivity index (χ3n) is 7.61. The van der Waals surface area contributed by atoms with Crippen LogP contribution >= 0.6 is 0 Å². The van der Waals surface area contributed by atoms with Gasteiger partial charge >= 0.3 is 18.4 Å². The lowest BCUT2D eigenvalue weighted by Crippen LogP contribution is -2.53. The van der Waals surface area contributed by atoms with Crippen LogP contribution in [0, 0.1) is 5.82 Å². The van der Waals surface area contributed by atoms with Crippen molar-refractivity contribution in [3.05, 3.63) is 107 Å². The van der Waals surface area contributed by atoms with Gasteiger partial charge in [0.05, 0.1) is 0 Å². The molecule has 0 unspecified atom stereocenters. The first-order chi connectivity index (χ1) is 18.6. The van der Waals surface area contributed by atoms with Gasteiger partial charge in [-0.25, -0.2) is 9.18 Å². The van der Waals surface area contributed by atoms with E-state index in [1.165, 1.54) is 17.0 Å². The quantitative estimate of drug-likeness (QED) is 0.346. The highest BCUT2D eigenvalue weighted by atomic mass is 19.4. The summed E-state index contributed by atoms with van der Waals surface area (Å²) in [6, 6.07) is 17.9. The average Bonchev–Trinajstić information content (AvgIpc) is 3.25. The second-order valence-corrected chi connectivity index (χ2v) is 10.3. The van der Waals surface area contributed by atoms with Crippen LogP contribution in [0.5, 0.6) is 0 Å². The molecule has 0 aromatic heterocycles. The third-order valence-corrected chi connectivity index (χ3v) is 7.61. The maximum absolute atomic E-state index is 13.7. The summed E-state index contributed by atoms with van der Waals surface area (Å²) in [7, 11) is 1.63. The van der Waals surface area contributed by atoms with E-state index in [-0.39, 0.29) is 19.1 Å². The summed E-state index contributed by atoms with van der Waals surface area (Å²) in [5.74, 6) is -1.05. The molecule has 1 fully saturated rings. The Bertz CT molecular complexity index is 1310. The first-order valence-electron chi connectivity index (χ1n) is 12.3. The zero-order valence-corrected chi connectivity index (χ0v) is 21.6. The molecule has 2 amide bonds. The van der Waals surface area contributed by atoms with E-state index in [9.17, 15) is 40.6 Å². The van der Waals surface area contributed by atoms with Gasteiger partial charge in [0.25, 0.3) is 5.60 Å². The number of urea groups is 1. The largest absolute Gasteiger partial charge is 0.430 e. The van der Waals surface area contributed by atoms with Crippen molar-refractivity contribution in [3.63, 3.8) is 0 Å². The van der Waals surface area contributed by atoms with Crippen molar-refractivity contribution < 1.29 is 40.6 Å². The molecule has 1 aliphatic rings. The molecule has 4 rings (SSSR count). The number of amides is 2. The Morgan fingerprint density at radius 2 is 1.48 bits per heavy atom. The molecule has 0 aliphatic carbocycles. The summed E-state index contributed by atoms with van der Waals surface area (Å²) < 4.78 is 94.0. The van der Waals surface area contributed by atoms with Crippen molar-refractivity contribution in [2.24, 2.45) is 0 Å². The van der Waals surface area contributed by atoms with E-state index >= 15 is 0 Å². The van der Waals surface area contributed by atoms with Crippen molar-refractivity contribution in [3.8, 4) is 0 Å². The van der Waals surface area contributed by atoms with Crippen molar-refractivity contribution in [1.82, 2.24) is 9.80 Å². The van der Waals surface area contributed by atoms with E-state index in [0.29, 0.717) is 29.8 Å². The normalized spacial score (nSPS) is 20.1. The first-order valence-corrected chi connectivity index (χ1v) is 12.3. The average molecular weight is 569 g/mol. The van der Waals surface area contributed by atoms with E-state index in [1.54, 1.807) is 24.1 Å². The minimum atomic E-state index is -6.00. The second-order valence-electron chi connectivity index (χ2n) is 10.3. The topological polar surface area (TPSA) is 43.8 Å². The van der Waals surface area contributed by atoms with Crippen LogP contribution in [0.25, 0.3) is 0 Å². The highest BCUT2D eigenvalue weighted by molar-refractivity contribution is 5.75. The molecule has 1 N–H and O–H groups in total. The van der Waals surface area contributed by atoms with Crippen LogP contribution in [0.3, 0.4) is 0 Å². The SMILES string of the molecule is CN(Cc1ccccc1)C(=O)N1C[C@@H](c2ccc(C(O)(C(F)(F)F)C(F)(F)F)cc2)[C@@](C)(c2ccc(F)cc2)C1. The number of hydrogen-bond acceptors (Lipinski definition) is 2. The number of carbonyl (C=O) groups excluding carboxylic acids is 1. The summed E-state index contributed by atoms with van der Waals surface area (Å²) in [6.45, 7) is 2.40. The molecule has 1 heterocycles. The maximum Gasteiger partial charge on any atom is 0.430 e. The molecule has 3 aromatic rings. The Hall–Kier alpha value is -3.60. The second kappa shape index (κ2) is 10.4. The molecule has 2 atom stereocenters. The predicted octanol–water partition coefficient (Wildman–Crippen LogP) is 6.75. The van der Waals surface area contributed by atoms with Gasteiger partial charge in [-0.05, 0) is 28.8 Å². The van der Waals surface area contributed by atoms with Gasteiger partial charge in [0, 0.05) is 43.6 Å². The molecular weight excluding hydrogens is 541 g/mol. The zero-order valence-electron chi connectivity index (χ0n) is 21.6. The summed E-state index contributed by atoms with van der Waals surface area (Å²) in [5.41, 5.74) is -5.37. The minimum Gasteiger partial charge on any atom is -0.369 e. The number of likely N-dealkylation sites (tertiary alicyclic amines) is 1. The van der Waals surface area contributed by atoms with Crippen LogP contribution < -0.4 is 0 Å². The van der Waals surface area contributed by atoms with Gasteiger partial charge < -0.3 is 14.9 Å². The van der Waals surface area contributed by atoms with Gasteiger partial charge in [0.15, 0.2) is 0 Å². The number of halogens is 7. The van der Waals surface area contributed by atoms with Gasteiger partial charge in [-0.3, -0.25) is 0 Å². The summed E-state index contributed by atoms with van der Waals surface area (Å²) >= 11 is 0. The molecule has 0 bridgehead atoms. The third kappa shape index (κ3) is 5.26. The fraction of sp³-hybridized carbons (Fsp3) is 0.345. The molecule has 3 aromatic carbocycles. The van der Waals surface area contributed by atoms with E-state index in [4.69, 9.17) is 0 Å². The molecule has 214 valence electrons. The lowest BCUT2D eigenvalue weighted by atomic mass is 9.71. The number of hydrogen-bond donors (Lipinski definition) is 1. The summed E-state index contributed by atoms with van der Waals surface area (Å²) in [4.78, 5) is 16.5. The summed E-state index contributed by atoms with van der Waals surface area (Å²) in [5, 5.41) is 9.77. The van der Waals surface area contributed by atoms with Crippen LogP contribution in [-0.2, 0) is 17.6 Å². The number of alkyl halides is 6. The Balaban J connectivity index is 1.69. The van der Waals surface area contributed by atoms with E-state index < -0.39 is 40.7 Å². The number of nitrogens with zero attached hydrogens (tertiary/aromatic N) is 2. The fourth-order valence-corrected chi connectivity index (χ4v) is 5.35. The molecule has 0 saturated carbocycles. The Kier molecular flexibility index (Phi) is 7.66. The molecule has 40 heavy (non-hydrogen) atoms. The van der Waals surface area contributed by atoms with Crippen LogP contribution in [0.4, 0.5) is 35.5 Å². The molecule has 0 radical (unpaired) electrons. The molecule has 11 heteroatoms. The van der Waals surface area contributed by atoms with E-state index in [2.05, 4.69) is 0 Å². The zero-order chi connectivity index (χ0) is 29.5. The van der Waals surface area contributed by atoms with Crippen LogP contribution in [0.15, 0.2) is 78.9 Å². The van der Waals surface area contributed by atoms with Gasteiger partial charge in [-0.2, -0.15) is 26.3 Å². The number of benzene rings is 3. The highest BCUT2D eigenvalue weighted by Gasteiger charge is 2.71. The molecule has 4 nitrogen and oxygen atoms in total. The van der Waals surface area contributed by atoms with Gasteiger partial charge in [-0.1, -0.05) is 73.7 Å². The number of carbonyl (C=O) groups is 1. The number of aliphatic hydroxyl groups is 1. The standard InChI is InChI=1S/C29H27F7N2O2/c1-26(21-12-14-23(30)15-13-21)18-38(25(39)37(2)16-19-6-4-3-5-7-19)17-24(26)20-8-10-22(11-9-20)27(40,28(31,32)33)29(34,35)36/h3-15,24,40H,16-18H2,1-2H3/t24-,26+/m0/s1. The van der Waals surface area contributed by atoms with Crippen molar-refractivity contribution >= 4 is 6.03 Å². The Labute approximate surface area is 226 Å². The van der Waals surface area contributed by atoms with Crippen LogP contribution in [-0.4, -0.2) is 53.4 Å². The van der Waals surface area contributed by atoms with Crippen molar-refractivity contribution in [1.29, 1.82) is 0 Å². The molecule has 1 saturated heterocycles. The highest BCUT2D eigenvalue weighted by Crippen LogP contribution is 2.51. The van der Waals surface area contributed by atoms with E-state index in [1.807, 2.05) is 37.3 Å². The van der Waals surface area contributed by atoms with Crippen molar-refractivity contribution in [2.45, 2.75) is 42.8 Å². The van der Waals surface area contributed by atoms with E-state index in [0.717, 1.165) is 17.7 Å². The van der Waals surface area contributed by atoms with Crippen LogP contribution in [0.2, 0.25) is 0 Å². The molecular formula is C29H27F7N2O2. The number of rotatable bonds is 5. The maximum atomic E-state index is 13.7. The van der Waals surface area contributed by atoms with Gasteiger partial charge in [0.2, 0.25) is 0 Å². The minimum absolute atomic E-state index is 0.105. The summed E-state index contributed by atoms with van der Waals surface area (Å²) in [6.07, 6.45) is -12.0. The Morgan fingerprint density at radius 1 is 0.925 bits per heavy atom. The van der Waals surface area contributed by atoms with Gasteiger partial charge in [-0.15, -0.1) is 0 Å². The molecule has 1 aliphatic heterocycles. The Morgan fingerprint density at radius 3 is 2.00 bits per heavy atom. The predicted molar refractivity (Wildman–Crippen MR) is 134 cm³/mol.